The van der Waals surface area contributed by atoms with E-state index in [4.69, 9.17) is 17.3 Å². The molecule has 18 heavy (non-hydrogen) atoms. The van der Waals surface area contributed by atoms with E-state index in [9.17, 15) is 4.79 Å². The lowest BCUT2D eigenvalue weighted by Gasteiger charge is -2.17. The van der Waals surface area contributed by atoms with Gasteiger partial charge in [0, 0.05) is 24.0 Å². The van der Waals surface area contributed by atoms with E-state index in [2.05, 4.69) is 0 Å². The number of hydrogen-bond acceptors (Lipinski definition) is 3. The monoisotopic (exact) mass is 306 g/mol. The van der Waals surface area contributed by atoms with Gasteiger partial charge in [0.1, 0.15) is 0 Å². The summed E-state index contributed by atoms with van der Waals surface area (Å²) < 4.78 is 0. The standard InChI is InChI=1S/C12H15ClN2OS.ClH/c1-17-9-2-3-11(13)10(6-9)12(16)15-5-4-8(14)7-15;/h2-3,6,8H,4-5,7,14H2,1H3;1H/t8-;/m1./s1. The SMILES string of the molecule is CSc1ccc(Cl)c(C(=O)N2CC[C@@H](N)C2)c1.Cl. The van der Waals surface area contributed by atoms with Crippen molar-refractivity contribution in [3.63, 3.8) is 0 Å². The Labute approximate surface area is 122 Å². The molecule has 2 rings (SSSR count). The van der Waals surface area contributed by atoms with Gasteiger partial charge in [-0.25, -0.2) is 0 Å². The molecule has 0 radical (unpaired) electrons. The molecule has 2 N–H and O–H groups in total. The number of amides is 1. The fraction of sp³-hybridized carbons (Fsp3) is 0.417. The number of likely N-dealkylation sites (tertiary alicyclic amines) is 1. The Kier molecular flexibility index (Phi) is 5.79. The maximum Gasteiger partial charge on any atom is 0.255 e. The molecule has 0 unspecified atom stereocenters. The molecule has 100 valence electrons. The molecule has 1 amide bonds. The van der Waals surface area contributed by atoms with Crippen LogP contribution >= 0.6 is 35.8 Å². The third kappa shape index (κ3) is 3.32. The molecular formula is C12H16Cl2N2OS. The average molecular weight is 307 g/mol. The minimum absolute atomic E-state index is 0. The molecule has 1 fully saturated rings. The molecule has 1 atom stereocenters. The molecule has 1 saturated heterocycles. The highest BCUT2D eigenvalue weighted by Gasteiger charge is 2.25. The summed E-state index contributed by atoms with van der Waals surface area (Å²) in [6.07, 6.45) is 2.84. The molecule has 0 spiro atoms. The first-order chi connectivity index (χ1) is 8.11. The molecule has 0 aromatic heterocycles. The second-order valence-electron chi connectivity index (χ2n) is 4.15. The fourth-order valence-electron chi connectivity index (χ4n) is 1.94. The summed E-state index contributed by atoms with van der Waals surface area (Å²) in [4.78, 5) is 15.1. The van der Waals surface area contributed by atoms with Gasteiger partial charge in [0.05, 0.1) is 10.6 Å². The highest BCUT2D eigenvalue weighted by atomic mass is 35.5. The Bertz CT molecular complexity index is 442. The van der Waals surface area contributed by atoms with Crippen molar-refractivity contribution in [2.45, 2.75) is 17.4 Å². The minimum atomic E-state index is -0.0150. The molecule has 0 saturated carbocycles. The van der Waals surface area contributed by atoms with Gasteiger partial charge in [-0.3, -0.25) is 4.79 Å². The fourth-order valence-corrected chi connectivity index (χ4v) is 2.58. The van der Waals surface area contributed by atoms with Crippen LogP contribution in [0.1, 0.15) is 16.8 Å². The predicted molar refractivity (Wildman–Crippen MR) is 79.0 cm³/mol. The summed E-state index contributed by atoms with van der Waals surface area (Å²) in [6.45, 7) is 1.35. The number of halogens is 2. The lowest BCUT2D eigenvalue weighted by Crippen LogP contribution is -2.32. The summed E-state index contributed by atoms with van der Waals surface area (Å²) in [6, 6.07) is 5.64. The van der Waals surface area contributed by atoms with Crippen molar-refractivity contribution < 1.29 is 4.79 Å². The van der Waals surface area contributed by atoms with Crippen molar-refractivity contribution in [1.82, 2.24) is 4.90 Å². The van der Waals surface area contributed by atoms with Crippen molar-refractivity contribution in [3.05, 3.63) is 28.8 Å². The summed E-state index contributed by atoms with van der Waals surface area (Å²) in [5.74, 6) is -0.0150. The molecule has 0 aliphatic carbocycles. The Hall–Kier alpha value is -0.420. The van der Waals surface area contributed by atoms with Crippen LogP contribution in [0.15, 0.2) is 23.1 Å². The van der Waals surface area contributed by atoms with Gasteiger partial charge in [0.25, 0.3) is 5.91 Å². The molecule has 3 nitrogen and oxygen atoms in total. The molecular weight excluding hydrogens is 291 g/mol. The molecule has 1 aliphatic heterocycles. The van der Waals surface area contributed by atoms with Crippen LogP contribution in [0.3, 0.4) is 0 Å². The van der Waals surface area contributed by atoms with E-state index in [0.29, 0.717) is 17.1 Å². The largest absolute Gasteiger partial charge is 0.337 e. The summed E-state index contributed by atoms with van der Waals surface area (Å²) in [5, 5.41) is 0.508. The second kappa shape index (κ2) is 6.66. The number of nitrogens with zero attached hydrogens (tertiary/aromatic N) is 1. The first-order valence-corrected chi connectivity index (χ1v) is 7.10. The van der Waals surface area contributed by atoms with E-state index in [1.165, 1.54) is 0 Å². The Morgan fingerprint density at radius 2 is 2.28 bits per heavy atom. The number of benzene rings is 1. The predicted octanol–water partition coefficient (Wildman–Crippen LogP) is 2.66. The highest BCUT2D eigenvalue weighted by Crippen LogP contribution is 2.25. The third-order valence-electron chi connectivity index (χ3n) is 2.92. The number of carbonyl (C=O) groups is 1. The van der Waals surface area contributed by atoms with Crippen molar-refractivity contribution in [2.24, 2.45) is 5.73 Å². The van der Waals surface area contributed by atoms with Crippen molar-refractivity contribution in [1.29, 1.82) is 0 Å². The van der Waals surface area contributed by atoms with E-state index >= 15 is 0 Å². The molecule has 1 aromatic rings. The zero-order valence-corrected chi connectivity index (χ0v) is 12.4. The molecule has 1 aromatic carbocycles. The molecule has 1 heterocycles. The first kappa shape index (κ1) is 15.6. The maximum atomic E-state index is 12.3. The van der Waals surface area contributed by atoms with E-state index in [-0.39, 0.29) is 24.4 Å². The van der Waals surface area contributed by atoms with Gasteiger partial charge in [-0.15, -0.1) is 24.2 Å². The van der Waals surface area contributed by atoms with Crippen LogP contribution in [-0.4, -0.2) is 36.2 Å². The van der Waals surface area contributed by atoms with Crippen LogP contribution in [0.2, 0.25) is 5.02 Å². The topological polar surface area (TPSA) is 46.3 Å². The first-order valence-electron chi connectivity index (χ1n) is 5.50. The maximum absolute atomic E-state index is 12.3. The van der Waals surface area contributed by atoms with E-state index in [1.807, 2.05) is 18.4 Å². The van der Waals surface area contributed by atoms with Gasteiger partial charge in [-0.1, -0.05) is 11.6 Å². The van der Waals surface area contributed by atoms with E-state index in [1.54, 1.807) is 22.7 Å². The van der Waals surface area contributed by atoms with Crippen LogP contribution < -0.4 is 5.73 Å². The number of rotatable bonds is 2. The van der Waals surface area contributed by atoms with Gasteiger partial charge < -0.3 is 10.6 Å². The summed E-state index contributed by atoms with van der Waals surface area (Å²) in [5.41, 5.74) is 6.38. The number of nitrogens with two attached hydrogens (primary N) is 1. The van der Waals surface area contributed by atoms with Crippen molar-refractivity contribution in [2.75, 3.05) is 19.3 Å². The Morgan fingerprint density at radius 3 is 2.83 bits per heavy atom. The van der Waals surface area contributed by atoms with Gasteiger partial charge in [0.15, 0.2) is 0 Å². The average Bonchev–Trinajstić information content (AvgIpc) is 2.76. The van der Waals surface area contributed by atoms with Crippen LogP contribution in [0, 0.1) is 0 Å². The van der Waals surface area contributed by atoms with Gasteiger partial charge in [-0.2, -0.15) is 0 Å². The molecule has 0 bridgehead atoms. The van der Waals surface area contributed by atoms with Crippen LogP contribution in [0.5, 0.6) is 0 Å². The van der Waals surface area contributed by atoms with Gasteiger partial charge in [0.2, 0.25) is 0 Å². The number of hydrogen-bond donors (Lipinski definition) is 1. The van der Waals surface area contributed by atoms with Crippen LogP contribution in [0.4, 0.5) is 0 Å². The van der Waals surface area contributed by atoms with Crippen molar-refractivity contribution in [3.8, 4) is 0 Å². The summed E-state index contributed by atoms with van der Waals surface area (Å²) >= 11 is 7.67. The van der Waals surface area contributed by atoms with Crippen LogP contribution in [-0.2, 0) is 0 Å². The lowest BCUT2D eigenvalue weighted by molar-refractivity contribution is 0.0791. The molecule has 1 aliphatic rings. The van der Waals surface area contributed by atoms with Gasteiger partial charge in [-0.05, 0) is 30.9 Å². The number of carbonyl (C=O) groups excluding carboxylic acids is 1. The number of thioether (sulfide) groups is 1. The normalized spacial score (nSPS) is 18.6. The molecule has 6 heteroatoms. The quantitative estimate of drug-likeness (QED) is 0.855. The zero-order valence-electron chi connectivity index (χ0n) is 10.1. The van der Waals surface area contributed by atoms with Gasteiger partial charge >= 0.3 is 0 Å². The Morgan fingerprint density at radius 1 is 1.56 bits per heavy atom. The summed E-state index contributed by atoms with van der Waals surface area (Å²) in [7, 11) is 0. The third-order valence-corrected chi connectivity index (χ3v) is 3.97. The highest BCUT2D eigenvalue weighted by molar-refractivity contribution is 7.98. The minimum Gasteiger partial charge on any atom is -0.337 e. The van der Waals surface area contributed by atoms with E-state index < -0.39 is 0 Å². The van der Waals surface area contributed by atoms with Crippen molar-refractivity contribution >= 4 is 41.7 Å². The lowest BCUT2D eigenvalue weighted by atomic mass is 10.2. The zero-order chi connectivity index (χ0) is 12.4. The second-order valence-corrected chi connectivity index (χ2v) is 5.43. The van der Waals surface area contributed by atoms with E-state index in [0.717, 1.165) is 17.9 Å². The van der Waals surface area contributed by atoms with Crippen LogP contribution in [0.25, 0.3) is 0 Å². The smallest absolute Gasteiger partial charge is 0.255 e. The Balaban J connectivity index is 0.00000162.